The average molecular weight is 282 g/mol. The van der Waals surface area contributed by atoms with E-state index in [1.54, 1.807) is 0 Å². The third-order valence-electron chi connectivity index (χ3n) is 5.38. The Kier molecular flexibility index (Phi) is 6.31. The largest absolute Gasteiger partial charge is 0.378 e. The molecule has 2 aliphatic rings. The van der Waals surface area contributed by atoms with Gasteiger partial charge in [-0.25, -0.2) is 0 Å². The molecular formula is C17H34N2O. The van der Waals surface area contributed by atoms with Gasteiger partial charge in [-0.15, -0.1) is 0 Å². The van der Waals surface area contributed by atoms with Gasteiger partial charge in [0.05, 0.1) is 6.10 Å². The Balaban J connectivity index is 2.10. The summed E-state index contributed by atoms with van der Waals surface area (Å²) in [7, 11) is 0. The fraction of sp³-hybridized carbons (Fsp3) is 1.00. The molecule has 3 heteroatoms. The minimum absolute atomic E-state index is 0.221. The SMILES string of the molecule is CCCC1CC(CN)(N2CCCCC2CCC)CCO1. The Morgan fingerprint density at radius 2 is 2.00 bits per heavy atom. The van der Waals surface area contributed by atoms with Crippen LogP contribution in [0.25, 0.3) is 0 Å². The maximum absolute atomic E-state index is 6.29. The van der Waals surface area contributed by atoms with Crippen molar-refractivity contribution in [1.29, 1.82) is 0 Å². The third-order valence-corrected chi connectivity index (χ3v) is 5.38. The topological polar surface area (TPSA) is 38.5 Å². The Hall–Kier alpha value is -0.120. The van der Waals surface area contributed by atoms with Gasteiger partial charge >= 0.3 is 0 Å². The van der Waals surface area contributed by atoms with Crippen molar-refractivity contribution in [2.45, 2.75) is 89.3 Å². The van der Waals surface area contributed by atoms with Crippen molar-refractivity contribution < 1.29 is 4.74 Å². The Bertz CT molecular complexity index is 280. The van der Waals surface area contributed by atoms with Crippen LogP contribution in [0, 0.1) is 0 Å². The lowest BCUT2D eigenvalue weighted by molar-refractivity contribution is -0.0944. The molecule has 3 nitrogen and oxygen atoms in total. The van der Waals surface area contributed by atoms with E-state index in [0.717, 1.165) is 32.0 Å². The summed E-state index contributed by atoms with van der Waals surface area (Å²) in [4.78, 5) is 2.80. The van der Waals surface area contributed by atoms with E-state index in [-0.39, 0.29) is 5.54 Å². The predicted octanol–water partition coefficient (Wildman–Crippen LogP) is 3.32. The molecule has 2 N–H and O–H groups in total. The number of ether oxygens (including phenoxy) is 1. The molecule has 2 fully saturated rings. The van der Waals surface area contributed by atoms with Gasteiger partial charge in [0.25, 0.3) is 0 Å². The van der Waals surface area contributed by atoms with Gasteiger partial charge in [0.1, 0.15) is 0 Å². The lowest BCUT2D eigenvalue weighted by Gasteiger charge is -2.53. The molecule has 3 atom stereocenters. The lowest BCUT2D eigenvalue weighted by Crippen LogP contribution is -2.62. The monoisotopic (exact) mass is 282 g/mol. The van der Waals surface area contributed by atoms with Gasteiger partial charge < -0.3 is 10.5 Å². The van der Waals surface area contributed by atoms with Gasteiger partial charge in [-0.2, -0.15) is 0 Å². The second-order valence-electron chi connectivity index (χ2n) is 6.80. The van der Waals surface area contributed by atoms with Crippen molar-refractivity contribution in [1.82, 2.24) is 4.90 Å². The van der Waals surface area contributed by atoms with Crippen molar-refractivity contribution in [2.24, 2.45) is 5.73 Å². The highest BCUT2D eigenvalue weighted by Crippen LogP contribution is 2.37. The summed E-state index contributed by atoms with van der Waals surface area (Å²) >= 11 is 0. The number of piperidine rings is 1. The van der Waals surface area contributed by atoms with E-state index in [0.29, 0.717) is 6.10 Å². The van der Waals surface area contributed by atoms with E-state index in [9.17, 15) is 0 Å². The Morgan fingerprint density at radius 3 is 2.70 bits per heavy atom. The normalized spacial score (nSPS) is 36.1. The molecule has 0 saturated carbocycles. The van der Waals surface area contributed by atoms with Crippen LogP contribution in [0.3, 0.4) is 0 Å². The summed E-state index contributed by atoms with van der Waals surface area (Å²) < 4.78 is 5.98. The van der Waals surface area contributed by atoms with Gasteiger partial charge in [-0.3, -0.25) is 4.90 Å². The first-order chi connectivity index (χ1) is 9.75. The molecule has 0 aromatic carbocycles. The number of hydrogen-bond donors (Lipinski definition) is 1. The first-order valence-electron chi connectivity index (χ1n) is 8.84. The van der Waals surface area contributed by atoms with Crippen LogP contribution in [0.5, 0.6) is 0 Å². The van der Waals surface area contributed by atoms with Crippen LogP contribution in [-0.2, 0) is 4.74 Å². The number of nitrogens with two attached hydrogens (primary N) is 1. The number of likely N-dealkylation sites (tertiary alicyclic amines) is 1. The average Bonchev–Trinajstić information content (AvgIpc) is 2.49. The zero-order valence-corrected chi connectivity index (χ0v) is 13.6. The van der Waals surface area contributed by atoms with E-state index in [1.807, 2.05) is 0 Å². The number of nitrogens with zero attached hydrogens (tertiary/aromatic N) is 1. The van der Waals surface area contributed by atoms with Crippen molar-refractivity contribution in [2.75, 3.05) is 19.7 Å². The highest BCUT2D eigenvalue weighted by Gasteiger charge is 2.43. The Morgan fingerprint density at radius 1 is 1.20 bits per heavy atom. The maximum atomic E-state index is 6.29. The van der Waals surface area contributed by atoms with Crippen LogP contribution in [0.1, 0.15) is 71.6 Å². The van der Waals surface area contributed by atoms with Gasteiger partial charge in [-0.05, 0) is 45.1 Å². The van der Waals surface area contributed by atoms with Crippen molar-refractivity contribution in [3.63, 3.8) is 0 Å². The number of rotatable bonds is 6. The van der Waals surface area contributed by atoms with Crippen molar-refractivity contribution in [3.05, 3.63) is 0 Å². The summed E-state index contributed by atoms with van der Waals surface area (Å²) in [5, 5.41) is 0. The van der Waals surface area contributed by atoms with Crippen molar-refractivity contribution >= 4 is 0 Å². The van der Waals surface area contributed by atoms with Crippen molar-refractivity contribution in [3.8, 4) is 0 Å². The molecule has 20 heavy (non-hydrogen) atoms. The van der Waals surface area contributed by atoms with E-state index in [2.05, 4.69) is 18.7 Å². The molecule has 0 bridgehead atoms. The van der Waals surface area contributed by atoms with Crippen LogP contribution in [-0.4, -0.2) is 42.3 Å². The van der Waals surface area contributed by atoms with E-state index in [4.69, 9.17) is 10.5 Å². The van der Waals surface area contributed by atoms with Crippen LogP contribution >= 0.6 is 0 Å². The predicted molar refractivity (Wildman–Crippen MR) is 84.9 cm³/mol. The summed E-state index contributed by atoms with van der Waals surface area (Å²) in [5.41, 5.74) is 6.51. The molecular weight excluding hydrogens is 248 g/mol. The molecule has 2 aliphatic heterocycles. The summed E-state index contributed by atoms with van der Waals surface area (Å²) in [6.45, 7) is 7.52. The summed E-state index contributed by atoms with van der Waals surface area (Å²) in [6, 6.07) is 0.762. The van der Waals surface area contributed by atoms with Gasteiger partial charge in [0.15, 0.2) is 0 Å². The van der Waals surface area contributed by atoms with Crippen LogP contribution in [0.15, 0.2) is 0 Å². The first kappa shape index (κ1) is 16.3. The first-order valence-corrected chi connectivity index (χ1v) is 8.84. The Labute approximate surface area is 125 Å². The van der Waals surface area contributed by atoms with Gasteiger partial charge in [0, 0.05) is 24.7 Å². The van der Waals surface area contributed by atoms with Crippen LogP contribution < -0.4 is 5.73 Å². The number of hydrogen-bond acceptors (Lipinski definition) is 3. The highest BCUT2D eigenvalue weighted by molar-refractivity contribution is 4.99. The molecule has 0 aliphatic carbocycles. The minimum atomic E-state index is 0.221. The summed E-state index contributed by atoms with van der Waals surface area (Å²) in [5.74, 6) is 0. The molecule has 2 rings (SSSR count). The molecule has 0 aromatic heterocycles. The minimum Gasteiger partial charge on any atom is -0.378 e. The second-order valence-corrected chi connectivity index (χ2v) is 6.80. The quantitative estimate of drug-likeness (QED) is 0.812. The van der Waals surface area contributed by atoms with Gasteiger partial charge in [0.2, 0.25) is 0 Å². The molecule has 0 amide bonds. The zero-order chi connectivity index (χ0) is 14.4. The van der Waals surface area contributed by atoms with E-state index in [1.165, 1.54) is 51.5 Å². The molecule has 2 saturated heterocycles. The lowest BCUT2D eigenvalue weighted by atomic mass is 9.80. The molecule has 0 spiro atoms. The standard InChI is InChI=1S/C17H34N2O/c1-3-7-15-9-5-6-11-19(15)17(14-18)10-12-20-16(13-17)8-4-2/h15-16H,3-14,18H2,1-2H3. The van der Waals surface area contributed by atoms with Gasteiger partial charge in [-0.1, -0.05) is 33.1 Å². The fourth-order valence-corrected chi connectivity index (χ4v) is 4.33. The molecule has 2 heterocycles. The highest BCUT2D eigenvalue weighted by atomic mass is 16.5. The summed E-state index contributed by atoms with van der Waals surface area (Å²) in [6.07, 6.45) is 11.9. The fourth-order valence-electron chi connectivity index (χ4n) is 4.33. The molecule has 118 valence electrons. The molecule has 0 radical (unpaired) electrons. The third kappa shape index (κ3) is 3.55. The molecule has 3 unspecified atom stereocenters. The van der Waals surface area contributed by atoms with Crippen LogP contribution in [0.4, 0.5) is 0 Å². The maximum Gasteiger partial charge on any atom is 0.0593 e. The zero-order valence-electron chi connectivity index (χ0n) is 13.6. The molecule has 0 aromatic rings. The second kappa shape index (κ2) is 7.77. The van der Waals surface area contributed by atoms with Crippen LogP contribution in [0.2, 0.25) is 0 Å². The van der Waals surface area contributed by atoms with E-state index < -0.39 is 0 Å². The smallest absolute Gasteiger partial charge is 0.0593 e. The van der Waals surface area contributed by atoms with E-state index >= 15 is 0 Å².